The first-order valence-electron chi connectivity index (χ1n) is 8.47. The molecule has 2 aliphatic carbocycles. The average Bonchev–Trinajstić information content (AvgIpc) is 2.38. The van der Waals surface area contributed by atoms with Crippen molar-refractivity contribution in [3.8, 4) is 6.07 Å². The molecule has 0 aromatic carbocycles. The second kappa shape index (κ2) is 5.47. The number of allylic oxidation sites excluding steroid dienone is 1. The summed E-state index contributed by atoms with van der Waals surface area (Å²) in [6.07, 6.45) is 6.23. The third-order valence-electron chi connectivity index (χ3n) is 6.44. The number of nitriles is 1. The third kappa shape index (κ3) is 2.79. The van der Waals surface area contributed by atoms with Crippen molar-refractivity contribution < 1.29 is 9.53 Å². The predicted molar refractivity (Wildman–Crippen MR) is 91.9 cm³/mol. The molecule has 124 valence electrons. The van der Waals surface area contributed by atoms with Crippen LogP contribution in [-0.4, -0.2) is 25.1 Å². The van der Waals surface area contributed by atoms with E-state index < -0.39 is 13.9 Å². The van der Waals surface area contributed by atoms with Gasteiger partial charge in [0.15, 0.2) is 8.32 Å². The van der Waals surface area contributed by atoms with Gasteiger partial charge in [-0.15, -0.1) is 0 Å². The number of hydrogen-bond donors (Lipinski definition) is 1. The molecular formula is C18H31NO2Si. The molecule has 1 N–H and O–H groups in total. The maximum absolute atomic E-state index is 11.2. The molecule has 0 heterocycles. The largest absolute Gasteiger partial charge is 0.413 e. The van der Waals surface area contributed by atoms with Gasteiger partial charge in [0, 0.05) is 11.0 Å². The van der Waals surface area contributed by atoms with Crippen LogP contribution >= 0.6 is 0 Å². The predicted octanol–water partition coefficient (Wildman–Crippen LogP) is 4.54. The van der Waals surface area contributed by atoms with Crippen molar-refractivity contribution in [2.24, 2.45) is 5.41 Å². The van der Waals surface area contributed by atoms with Crippen molar-refractivity contribution in [3.05, 3.63) is 11.6 Å². The molecule has 2 rings (SSSR count). The first-order chi connectivity index (χ1) is 9.95. The normalized spacial score (nSPS) is 36.3. The first kappa shape index (κ1) is 17.7. The van der Waals surface area contributed by atoms with E-state index in [1.54, 1.807) is 0 Å². The summed E-state index contributed by atoms with van der Waals surface area (Å²) in [6.45, 7) is 13.5. The lowest BCUT2D eigenvalue weighted by Crippen LogP contribution is -2.60. The van der Waals surface area contributed by atoms with Crippen molar-refractivity contribution in [3.63, 3.8) is 0 Å². The zero-order chi connectivity index (χ0) is 16.8. The Kier molecular flexibility index (Phi) is 4.41. The highest BCUT2D eigenvalue weighted by atomic mass is 28.4. The second-order valence-corrected chi connectivity index (χ2v) is 13.6. The molecule has 0 radical (unpaired) electrons. The molecular weight excluding hydrogens is 290 g/mol. The number of aliphatic hydroxyl groups is 1. The summed E-state index contributed by atoms with van der Waals surface area (Å²) in [5.74, 6) is 0. The summed E-state index contributed by atoms with van der Waals surface area (Å²) < 4.78 is 6.72. The summed E-state index contributed by atoms with van der Waals surface area (Å²) >= 11 is 0. The van der Waals surface area contributed by atoms with Crippen LogP contribution in [0.25, 0.3) is 0 Å². The number of rotatable bonds is 2. The summed E-state index contributed by atoms with van der Waals surface area (Å²) in [5, 5.41) is 20.6. The Hall–Kier alpha value is -0.633. The summed E-state index contributed by atoms with van der Waals surface area (Å²) in [6, 6.07) is 2.24. The zero-order valence-electron chi connectivity index (χ0n) is 15.0. The molecule has 0 aromatic rings. The van der Waals surface area contributed by atoms with Gasteiger partial charge in [0.05, 0.1) is 17.8 Å². The van der Waals surface area contributed by atoms with Crippen LogP contribution in [-0.2, 0) is 4.43 Å². The average molecular weight is 322 g/mol. The monoisotopic (exact) mass is 321 g/mol. The molecule has 0 unspecified atom stereocenters. The standard InChI is InChI=1S/C18H31NO2Si/c1-16(2,3)22(5,6)21-15-8-7-10-18(20)12-14(13-19)9-11-17(15,18)4/h12,15,20H,7-11H2,1-6H3/t15-,17+,18+/m1/s1. The molecule has 0 aliphatic heterocycles. The molecule has 0 amide bonds. The van der Waals surface area contributed by atoms with Gasteiger partial charge < -0.3 is 9.53 Å². The number of hydrogen-bond acceptors (Lipinski definition) is 3. The first-order valence-corrected chi connectivity index (χ1v) is 11.4. The fourth-order valence-corrected chi connectivity index (χ4v) is 5.06. The lowest BCUT2D eigenvalue weighted by Gasteiger charge is -2.56. The summed E-state index contributed by atoms with van der Waals surface area (Å²) in [7, 11) is -1.87. The minimum atomic E-state index is -1.87. The van der Waals surface area contributed by atoms with Gasteiger partial charge in [-0.05, 0) is 56.3 Å². The Morgan fingerprint density at radius 2 is 2.00 bits per heavy atom. The van der Waals surface area contributed by atoms with E-state index in [-0.39, 0.29) is 16.6 Å². The van der Waals surface area contributed by atoms with Crippen LogP contribution in [0.15, 0.2) is 11.6 Å². The molecule has 4 heteroatoms. The van der Waals surface area contributed by atoms with Gasteiger partial charge in [-0.3, -0.25) is 0 Å². The van der Waals surface area contributed by atoms with E-state index in [1.165, 1.54) is 0 Å². The van der Waals surface area contributed by atoms with Crippen molar-refractivity contribution in [1.82, 2.24) is 0 Å². The lowest BCUT2D eigenvalue weighted by molar-refractivity contribution is -0.139. The van der Waals surface area contributed by atoms with Gasteiger partial charge in [-0.1, -0.05) is 27.7 Å². The van der Waals surface area contributed by atoms with Gasteiger partial charge in [0.1, 0.15) is 0 Å². The maximum atomic E-state index is 11.2. The molecule has 0 saturated heterocycles. The van der Waals surface area contributed by atoms with E-state index in [9.17, 15) is 10.4 Å². The van der Waals surface area contributed by atoms with Gasteiger partial charge in [0.25, 0.3) is 0 Å². The molecule has 0 bridgehead atoms. The van der Waals surface area contributed by atoms with Gasteiger partial charge in [-0.2, -0.15) is 5.26 Å². The van der Waals surface area contributed by atoms with E-state index in [1.807, 2.05) is 6.08 Å². The van der Waals surface area contributed by atoms with E-state index in [2.05, 4.69) is 46.9 Å². The van der Waals surface area contributed by atoms with Crippen LogP contribution in [0.3, 0.4) is 0 Å². The van der Waals surface area contributed by atoms with Crippen LogP contribution in [0.2, 0.25) is 18.1 Å². The summed E-state index contributed by atoms with van der Waals surface area (Å²) in [5.41, 5.74) is -0.434. The van der Waals surface area contributed by atoms with Crippen molar-refractivity contribution in [2.45, 2.75) is 89.6 Å². The highest BCUT2D eigenvalue weighted by molar-refractivity contribution is 6.74. The fourth-order valence-electron chi connectivity index (χ4n) is 3.62. The van der Waals surface area contributed by atoms with Crippen LogP contribution in [0.4, 0.5) is 0 Å². The van der Waals surface area contributed by atoms with Gasteiger partial charge >= 0.3 is 0 Å². The van der Waals surface area contributed by atoms with Crippen molar-refractivity contribution in [1.29, 1.82) is 5.26 Å². The highest BCUT2D eigenvalue weighted by Crippen LogP contribution is 2.54. The minimum Gasteiger partial charge on any atom is -0.413 e. The third-order valence-corrected chi connectivity index (χ3v) is 10.9. The maximum Gasteiger partial charge on any atom is 0.192 e. The molecule has 22 heavy (non-hydrogen) atoms. The summed E-state index contributed by atoms with van der Waals surface area (Å²) in [4.78, 5) is 0. The van der Waals surface area contributed by atoms with E-state index in [4.69, 9.17) is 4.43 Å². The SMILES string of the molecule is CC(C)(C)[Si](C)(C)O[C@@H]1CCC[C@]2(O)C=C(C#N)CC[C@@]12C. The molecule has 3 nitrogen and oxygen atoms in total. The molecule has 2 aliphatic rings. The van der Waals surface area contributed by atoms with Crippen LogP contribution < -0.4 is 0 Å². The molecule has 1 saturated carbocycles. The Morgan fingerprint density at radius 3 is 2.55 bits per heavy atom. The van der Waals surface area contributed by atoms with Crippen molar-refractivity contribution in [2.75, 3.05) is 0 Å². The Morgan fingerprint density at radius 1 is 1.36 bits per heavy atom. The topological polar surface area (TPSA) is 53.2 Å². The van der Waals surface area contributed by atoms with Crippen LogP contribution in [0, 0.1) is 16.7 Å². The molecule has 3 atom stereocenters. The Labute approximate surface area is 136 Å². The number of nitrogens with zero attached hydrogens (tertiary/aromatic N) is 1. The zero-order valence-corrected chi connectivity index (χ0v) is 16.0. The van der Waals surface area contributed by atoms with Crippen molar-refractivity contribution >= 4 is 8.32 Å². The van der Waals surface area contributed by atoms with E-state index in [0.717, 1.165) is 37.7 Å². The number of fused-ring (bicyclic) bond motifs is 1. The lowest BCUT2D eigenvalue weighted by atomic mass is 9.57. The van der Waals surface area contributed by atoms with Gasteiger partial charge in [-0.25, -0.2) is 0 Å². The Balaban J connectivity index is 2.32. The Bertz CT molecular complexity index is 514. The highest BCUT2D eigenvalue weighted by Gasteiger charge is 2.56. The second-order valence-electron chi connectivity index (χ2n) is 8.88. The molecule has 0 aromatic heterocycles. The quantitative estimate of drug-likeness (QED) is 0.760. The van der Waals surface area contributed by atoms with Gasteiger partial charge in [0.2, 0.25) is 0 Å². The molecule has 1 fully saturated rings. The van der Waals surface area contributed by atoms with Crippen LogP contribution in [0.5, 0.6) is 0 Å². The minimum absolute atomic E-state index is 0.0867. The van der Waals surface area contributed by atoms with E-state index in [0.29, 0.717) is 0 Å². The van der Waals surface area contributed by atoms with E-state index >= 15 is 0 Å². The molecule has 0 spiro atoms. The smallest absolute Gasteiger partial charge is 0.192 e. The van der Waals surface area contributed by atoms with Crippen LogP contribution in [0.1, 0.15) is 59.8 Å². The fraction of sp³-hybridized carbons (Fsp3) is 0.833.